The second-order valence-corrected chi connectivity index (χ2v) is 5.33. The zero-order chi connectivity index (χ0) is 16.9. The van der Waals surface area contributed by atoms with Crippen LogP contribution in [0.1, 0.15) is 19.3 Å². The van der Waals surface area contributed by atoms with Gasteiger partial charge in [0.1, 0.15) is 5.82 Å². The van der Waals surface area contributed by atoms with Crippen molar-refractivity contribution in [2.24, 2.45) is 0 Å². The zero-order valence-electron chi connectivity index (χ0n) is 12.8. The van der Waals surface area contributed by atoms with E-state index in [2.05, 4.69) is 20.3 Å². The highest BCUT2D eigenvalue weighted by molar-refractivity contribution is 5.91. The maximum atomic E-state index is 11.7. The lowest BCUT2D eigenvalue weighted by Gasteiger charge is -2.05. The number of aromatic nitrogens is 3. The van der Waals surface area contributed by atoms with E-state index in [0.29, 0.717) is 23.6 Å². The Kier molecular flexibility index (Phi) is 4.51. The second kappa shape index (κ2) is 6.91. The van der Waals surface area contributed by atoms with Gasteiger partial charge in [0.05, 0.1) is 5.52 Å². The van der Waals surface area contributed by atoms with Crippen LogP contribution in [0.3, 0.4) is 0 Å². The van der Waals surface area contributed by atoms with Gasteiger partial charge in [-0.05, 0) is 42.8 Å². The number of nitrogens with zero attached hydrogens (tertiary/aromatic N) is 2. The Balaban J connectivity index is 1.64. The quantitative estimate of drug-likeness (QED) is 0.646. The van der Waals surface area contributed by atoms with Crippen molar-refractivity contribution in [2.45, 2.75) is 19.3 Å². The number of rotatable bonds is 6. The van der Waals surface area contributed by atoms with Crippen molar-refractivity contribution in [3.05, 3.63) is 42.6 Å². The number of pyridine rings is 1. The molecular weight excluding hydrogens is 308 g/mol. The molecule has 0 aliphatic heterocycles. The summed E-state index contributed by atoms with van der Waals surface area (Å²) < 4.78 is 0. The van der Waals surface area contributed by atoms with E-state index in [9.17, 15) is 9.59 Å². The number of carboxylic acids is 1. The maximum absolute atomic E-state index is 11.7. The molecule has 7 nitrogen and oxygen atoms in total. The minimum absolute atomic E-state index is 0.00749. The van der Waals surface area contributed by atoms with Crippen LogP contribution < -0.4 is 5.32 Å². The average molecular weight is 324 g/mol. The number of benzene rings is 1. The van der Waals surface area contributed by atoms with Gasteiger partial charge >= 0.3 is 5.97 Å². The van der Waals surface area contributed by atoms with Crippen LogP contribution in [0.5, 0.6) is 0 Å². The molecule has 0 unspecified atom stereocenters. The SMILES string of the molecule is O=C(O)CCCC(=O)Nc1ccc(-c2nc3ncccc3[nH]2)cc1. The molecule has 2 heterocycles. The Morgan fingerprint density at radius 2 is 1.92 bits per heavy atom. The van der Waals surface area contributed by atoms with Crippen LogP contribution in [0.15, 0.2) is 42.6 Å². The lowest BCUT2D eigenvalue weighted by molar-refractivity contribution is -0.137. The van der Waals surface area contributed by atoms with Crippen LogP contribution in [0, 0.1) is 0 Å². The number of hydrogen-bond donors (Lipinski definition) is 3. The van der Waals surface area contributed by atoms with Gasteiger partial charge in [-0.3, -0.25) is 9.59 Å². The third-order valence-corrected chi connectivity index (χ3v) is 3.49. The van der Waals surface area contributed by atoms with Crippen molar-refractivity contribution in [3.8, 4) is 11.4 Å². The minimum atomic E-state index is -0.896. The summed E-state index contributed by atoms with van der Waals surface area (Å²) >= 11 is 0. The van der Waals surface area contributed by atoms with Crippen LogP contribution in [-0.4, -0.2) is 31.9 Å². The molecule has 0 aliphatic carbocycles. The standard InChI is InChI=1S/C17H16N4O3/c22-14(4-1-5-15(23)24)19-12-8-6-11(7-9-12)16-20-13-3-2-10-18-17(13)21-16/h2-3,6-10H,1,4-5H2,(H,19,22)(H,23,24)(H,18,20,21). The molecule has 7 heteroatoms. The number of anilines is 1. The highest BCUT2D eigenvalue weighted by Gasteiger charge is 2.07. The molecule has 0 radical (unpaired) electrons. The first kappa shape index (κ1) is 15.7. The fraction of sp³-hybridized carbons (Fsp3) is 0.176. The Morgan fingerprint density at radius 1 is 1.12 bits per heavy atom. The Labute approximate surface area is 137 Å². The summed E-state index contributed by atoms with van der Waals surface area (Å²) in [4.78, 5) is 34.0. The molecule has 3 N–H and O–H groups in total. The van der Waals surface area contributed by atoms with Crippen LogP contribution >= 0.6 is 0 Å². The minimum Gasteiger partial charge on any atom is -0.481 e. The molecule has 24 heavy (non-hydrogen) atoms. The van der Waals surface area contributed by atoms with Crippen molar-refractivity contribution in [2.75, 3.05) is 5.32 Å². The predicted molar refractivity (Wildman–Crippen MR) is 89.4 cm³/mol. The normalized spacial score (nSPS) is 10.7. The number of aliphatic carboxylic acids is 1. The summed E-state index contributed by atoms with van der Waals surface area (Å²) in [6, 6.07) is 11.0. The van der Waals surface area contributed by atoms with Gasteiger partial charge in [-0.1, -0.05) is 0 Å². The van der Waals surface area contributed by atoms with Gasteiger partial charge in [0.15, 0.2) is 5.65 Å². The molecule has 2 aromatic heterocycles. The van der Waals surface area contributed by atoms with Crippen LogP contribution in [-0.2, 0) is 9.59 Å². The highest BCUT2D eigenvalue weighted by atomic mass is 16.4. The van der Waals surface area contributed by atoms with E-state index in [-0.39, 0.29) is 18.7 Å². The highest BCUT2D eigenvalue weighted by Crippen LogP contribution is 2.21. The summed E-state index contributed by atoms with van der Waals surface area (Å²) in [7, 11) is 0. The van der Waals surface area contributed by atoms with E-state index in [1.54, 1.807) is 18.3 Å². The molecule has 0 spiro atoms. The number of hydrogen-bond acceptors (Lipinski definition) is 4. The lowest BCUT2D eigenvalue weighted by atomic mass is 10.2. The molecule has 1 aromatic carbocycles. The number of carboxylic acid groups (broad SMARTS) is 1. The number of carbonyl (C=O) groups excluding carboxylic acids is 1. The predicted octanol–water partition coefficient (Wildman–Crippen LogP) is 2.82. The van der Waals surface area contributed by atoms with Gasteiger partial charge in [-0.25, -0.2) is 9.97 Å². The van der Waals surface area contributed by atoms with Gasteiger partial charge in [0, 0.05) is 30.3 Å². The third-order valence-electron chi connectivity index (χ3n) is 3.49. The number of nitrogens with one attached hydrogen (secondary N) is 2. The molecule has 0 bridgehead atoms. The van der Waals surface area contributed by atoms with Crippen LogP contribution in [0.25, 0.3) is 22.6 Å². The summed E-state index contributed by atoms with van der Waals surface area (Å²) in [5, 5.41) is 11.3. The number of fused-ring (bicyclic) bond motifs is 1. The van der Waals surface area contributed by atoms with Crippen molar-refractivity contribution in [1.82, 2.24) is 15.0 Å². The summed E-state index contributed by atoms with van der Waals surface area (Å²) in [6.45, 7) is 0. The first-order valence-corrected chi connectivity index (χ1v) is 7.54. The van der Waals surface area contributed by atoms with E-state index in [1.807, 2.05) is 24.3 Å². The molecule has 0 fully saturated rings. The Bertz CT molecular complexity index is 838. The summed E-state index contributed by atoms with van der Waals surface area (Å²) in [5.41, 5.74) is 3.07. The fourth-order valence-corrected chi connectivity index (χ4v) is 2.32. The molecule has 3 aromatic rings. The van der Waals surface area contributed by atoms with E-state index in [1.165, 1.54) is 0 Å². The van der Waals surface area contributed by atoms with E-state index in [4.69, 9.17) is 5.11 Å². The van der Waals surface area contributed by atoms with Gasteiger partial charge in [-0.15, -0.1) is 0 Å². The summed E-state index contributed by atoms with van der Waals surface area (Å²) in [5.74, 6) is -0.382. The first-order chi connectivity index (χ1) is 11.6. The van der Waals surface area contributed by atoms with Crippen molar-refractivity contribution in [1.29, 1.82) is 0 Å². The van der Waals surface area contributed by atoms with E-state index < -0.39 is 5.97 Å². The van der Waals surface area contributed by atoms with E-state index >= 15 is 0 Å². The van der Waals surface area contributed by atoms with Crippen LogP contribution in [0.2, 0.25) is 0 Å². The van der Waals surface area contributed by atoms with Gasteiger partial charge in [-0.2, -0.15) is 0 Å². The monoisotopic (exact) mass is 324 g/mol. The Morgan fingerprint density at radius 3 is 2.62 bits per heavy atom. The van der Waals surface area contributed by atoms with Crippen molar-refractivity contribution >= 4 is 28.7 Å². The first-order valence-electron chi connectivity index (χ1n) is 7.54. The van der Waals surface area contributed by atoms with Crippen molar-refractivity contribution in [3.63, 3.8) is 0 Å². The number of amides is 1. The smallest absolute Gasteiger partial charge is 0.303 e. The number of H-pyrrole nitrogens is 1. The zero-order valence-corrected chi connectivity index (χ0v) is 12.8. The molecule has 0 saturated carbocycles. The molecule has 0 aliphatic rings. The lowest BCUT2D eigenvalue weighted by Crippen LogP contribution is -2.11. The fourth-order valence-electron chi connectivity index (χ4n) is 2.32. The number of imidazole rings is 1. The molecule has 0 atom stereocenters. The molecule has 0 saturated heterocycles. The Hall–Kier alpha value is -3.22. The van der Waals surface area contributed by atoms with E-state index in [0.717, 1.165) is 11.1 Å². The average Bonchev–Trinajstić information content (AvgIpc) is 2.99. The molecular formula is C17H16N4O3. The maximum Gasteiger partial charge on any atom is 0.303 e. The number of carbonyl (C=O) groups is 2. The molecule has 122 valence electrons. The topological polar surface area (TPSA) is 108 Å². The third kappa shape index (κ3) is 3.75. The van der Waals surface area contributed by atoms with Gasteiger partial charge < -0.3 is 15.4 Å². The molecule has 3 rings (SSSR count). The van der Waals surface area contributed by atoms with Gasteiger partial charge in [0.25, 0.3) is 0 Å². The van der Waals surface area contributed by atoms with Gasteiger partial charge in [0.2, 0.25) is 5.91 Å². The number of aromatic amines is 1. The molecule has 1 amide bonds. The second-order valence-electron chi connectivity index (χ2n) is 5.33. The van der Waals surface area contributed by atoms with Crippen LogP contribution in [0.4, 0.5) is 5.69 Å². The largest absolute Gasteiger partial charge is 0.481 e. The summed E-state index contributed by atoms with van der Waals surface area (Å²) in [6.07, 6.45) is 2.19. The van der Waals surface area contributed by atoms with Crippen molar-refractivity contribution < 1.29 is 14.7 Å².